The Morgan fingerprint density at radius 2 is 1.81 bits per heavy atom. The lowest BCUT2D eigenvalue weighted by Crippen LogP contribution is -2.24. The summed E-state index contributed by atoms with van der Waals surface area (Å²) < 4.78 is 0. The second-order valence-electron chi connectivity index (χ2n) is 5.53. The molecule has 2 nitrogen and oxygen atoms in total. The fourth-order valence-corrected chi connectivity index (χ4v) is 2.44. The van der Waals surface area contributed by atoms with Crippen LogP contribution in [0, 0.1) is 11.8 Å². The molecule has 0 radical (unpaired) electrons. The van der Waals surface area contributed by atoms with Crippen LogP contribution in [0.5, 0.6) is 0 Å². The van der Waals surface area contributed by atoms with Crippen molar-refractivity contribution in [1.82, 2.24) is 4.90 Å². The topological polar surface area (TPSA) is 29.3 Å². The third-order valence-corrected chi connectivity index (χ3v) is 3.10. The Morgan fingerprint density at radius 1 is 1.12 bits per heavy atom. The Morgan fingerprint density at radius 3 is 2.31 bits per heavy atom. The molecular weight excluding hydrogens is 196 g/mol. The Hall–Kier alpha value is -0.0800. The summed E-state index contributed by atoms with van der Waals surface area (Å²) in [4.78, 5) is 2.45. The molecule has 0 bridgehead atoms. The Bertz CT molecular complexity index is 140. The third kappa shape index (κ3) is 9.17. The quantitative estimate of drug-likeness (QED) is 0.622. The first kappa shape index (κ1) is 15.9. The number of hydrogen-bond donors (Lipinski definition) is 1. The van der Waals surface area contributed by atoms with Gasteiger partial charge in [-0.25, -0.2) is 0 Å². The first-order chi connectivity index (χ1) is 7.60. The first-order valence-corrected chi connectivity index (χ1v) is 6.98. The maximum atomic E-state index is 5.65. The molecule has 2 heteroatoms. The Kier molecular flexibility index (Phi) is 10.0. The summed E-state index contributed by atoms with van der Waals surface area (Å²) in [6, 6.07) is 0. The molecule has 0 saturated carbocycles. The summed E-state index contributed by atoms with van der Waals surface area (Å²) in [5, 5.41) is 0. The van der Waals surface area contributed by atoms with Crippen molar-refractivity contribution in [2.75, 3.05) is 26.7 Å². The van der Waals surface area contributed by atoms with Crippen molar-refractivity contribution in [1.29, 1.82) is 0 Å². The van der Waals surface area contributed by atoms with Gasteiger partial charge in [0.15, 0.2) is 0 Å². The van der Waals surface area contributed by atoms with Crippen LogP contribution in [0.2, 0.25) is 0 Å². The van der Waals surface area contributed by atoms with Crippen molar-refractivity contribution in [3.8, 4) is 0 Å². The molecule has 0 aromatic rings. The van der Waals surface area contributed by atoms with Gasteiger partial charge in [0, 0.05) is 6.54 Å². The maximum Gasteiger partial charge on any atom is 0.000133 e. The summed E-state index contributed by atoms with van der Waals surface area (Å²) >= 11 is 0. The summed E-state index contributed by atoms with van der Waals surface area (Å²) in [5.74, 6) is 1.64. The van der Waals surface area contributed by atoms with Crippen LogP contribution in [0.25, 0.3) is 0 Å². The highest BCUT2D eigenvalue weighted by Crippen LogP contribution is 2.17. The van der Waals surface area contributed by atoms with Gasteiger partial charge in [0.25, 0.3) is 0 Å². The van der Waals surface area contributed by atoms with E-state index >= 15 is 0 Å². The molecule has 0 aromatic heterocycles. The van der Waals surface area contributed by atoms with Crippen molar-refractivity contribution >= 4 is 0 Å². The lowest BCUT2D eigenvalue weighted by atomic mass is 9.94. The van der Waals surface area contributed by atoms with Gasteiger partial charge in [-0.15, -0.1) is 0 Å². The molecule has 1 unspecified atom stereocenters. The van der Waals surface area contributed by atoms with Gasteiger partial charge < -0.3 is 10.6 Å². The van der Waals surface area contributed by atoms with Crippen LogP contribution in [-0.2, 0) is 0 Å². The monoisotopic (exact) mass is 228 g/mol. The van der Waals surface area contributed by atoms with Crippen molar-refractivity contribution in [2.24, 2.45) is 17.6 Å². The predicted octanol–water partition coefficient (Wildman–Crippen LogP) is 3.12. The van der Waals surface area contributed by atoms with Gasteiger partial charge in [0.05, 0.1) is 0 Å². The minimum Gasteiger partial charge on any atom is -0.330 e. The molecule has 0 amide bonds. The van der Waals surface area contributed by atoms with Gasteiger partial charge in [-0.3, -0.25) is 0 Å². The smallest absolute Gasteiger partial charge is 0.000133 e. The second-order valence-corrected chi connectivity index (χ2v) is 5.53. The summed E-state index contributed by atoms with van der Waals surface area (Å²) in [6.07, 6.45) is 6.54. The van der Waals surface area contributed by atoms with E-state index in [0.717, 1.165) is 18.4 Å². The highest BCUT2D eigenvalue weighted by molar-refractivity contribution is 4.62. The molecule has 0 aromatic carbocycles. The molecule has 0 rings (SSSR count). The van der Waals surface area contributed by atoms with Crippen molar-refractivity contribution in [3.63, 3.8) is 0 Å². The fraction of sp³-hybridized carbons (Fsp3) is 1.00. The van der Waals surface area contributed by atoms with Crippen LogP contribution >= 0.6 is 0 Å². The molecule has 16 heavy (non-hydrogen) atoms. The maximum absolute atomic E-state index is 5.65. The molecule has 0 aliphatic rings. The normalized spacial score (nSPS) is 13.7. The largest absolute Gasteiger partial charge is 0.330 e. The average Bonchev–Trinajstić information content (AvgIpc) is 2.17. The molecule has 0 aliphatic heterocycles. The second kappa shape index (κ2) is 10.1. The fourth-order valence-electron chi connectivity index (χ4n) is 2.44. The van der Waals surface area contributed by atoms with E-state index in [-0.39, 0.29) is 0 Å². The lowest BCUT2D eigenvalue weighted by Gasteiger charge is -2.21. The van der Waals surface area contributed by atoms with Crippen LogP contribution in [0.3, 0.4) is 0 Å². The number of hydrogen-bond acceptors (Lipinski definition) is 2. The summed E-state index contributed by atoms with van der Waals surface area (Å²) in [6.45, 7) is 10.1. The lowest BCUT2D eigenvalue weighted by molar-refractivity contribution is 0.276. The van der Waals surface area contributed by atoms with Gasteiger partial charge in [-0.2, -0.15) is 0 Å². The highest BCUT2D eigenvalue weighted by Gasteiger charge is 2.07. The Balaban J connectivity index is 3.59. The van der Waals surface area contributed by atoms with Crippen LogP contribution in [0.15, 0.2) is 0 Å². The zero-order valence-corrected chi connectivity index (χ0v) is 11.8. The standard InChI is InChI=1S/C14H32N2/c1-5-7-14(9-10-15)8-6-11-16(4)12-13(2)3/h13-14H,5-12,15H2,1-4H3. The molecular formula is C14H32N2. The number of nitrogens with two attached hydrogens (primary N) is 1. The average molecular weight is 228 g/mol. The molecule has 0 fully saturated rings. The molecule has 0 spiro atoms. The van der Waals surface area contributed by atoms with Gasteiger partial charge in [0.1, 0.15) is 0 Å². The summed E-state index contributed by atoms with van der Waals surface area (Å²) in [5.41, 5.74) is 5.65. The molecule has 2 N–H and O–H groups in total. The third-order valence-electron chi connectivity index (χ3n) is 3.10. The van der Waals surface area contributed by atoms with Gasteiger partial charge >= 0.3 is 0 Å². The van der Waals surface area contributed by atoms with Gasteiger partial charge in [0.2, 0.25) is 0 Å². The predicted molar refractivity (Wildman–Crippen MR) is 73.6 cm³/mol. The molecule has 0 heterocycles. The Labute approximate surface area is 103 Å². The van der Waals surface area contributed by atoms with E-state index in [1.807, 2.05) is 0 Å². The molecule has 0 saturated heterocycles. The SMILES string of the molecule is CCCC(CCN)CCCN(C)CC(C)C. The number of rotatable bonds is 10. The zero-order valence-electron chi connectivity index (χ0n) is 11.8. The van der Waals surface area contributed by atoms with Gasteiger partial charge in [-0.05, 0) is 51.2 Å². The molecule has 98 valence electrons. The molecule has 1 atom stereocenters. The van der Waals surface area contributed by atoms with E-state index in [0.29, 0.717) is 0 Å². The van der Waals surface area contributed by atoms with Crippen molar-refractivity contribution < 1.29 is 0 Å². The van der Waals surface area contributed by atoms with Crippen LogP contribution in [0.4, 0.5) is 0 Å². The van der Waals surface area contributed by atoms with E-state index in [9.17, 15) is 0 Å². The van der Waals surface area contributed by atoms with Crippen molar-refractivity contribution in [2.45, 2.75) is 52.9 Å². The zero-order chi connectivity index (χ0) is 12.4. The van der Waals surface area contributed by atoms with Crippen molar-refractivity contribution in [3.05, 3.63) is 0 Å². The van der Waals surface area contributed by atoms with Crippen LogP contribution in [0.1, 0.15) is 52.9 Å². The minimum absolute atomic E-state index is 0.778. The van der Waals surface area contributed by atoms with E-state index in [1.165, 1.54) is 45.2 Å². The van der Waals surface area contributed by atoms with E-state index in [2.05, 4.69) is 32.7 Å². The first-order valence-electron chi connectivity index (χ1n) is 6.98. The van der Waals surface area contributed by atoms with Gasteiger partial charge in [-0.1, -0.05) is 33.6 Å². The van der Waals surface area contributed by atoms with Crippen LogP contribution < -0.4 is 5.73 Å². The van der Waals surface area contributed by atoms with E-state index in [1.54, 1.807) is 0 Å². The van der Waals surface area contributed by atoms with E-state index in [4.69, 9.17) is 5.73 Å². The summed E-state index contributed by atoms with van der Waals surface area (Å²) in [7, 11) is 2.23. The van der Waals surface area contributed by atoms with E-state index < -0.39 is 0 Å². The minimum atomic E-state index is 0.778. The molecule has 0 aliphatic carbocycles. The number of nitrogens with zero attached hydrogens (tertiary/aromatic N) is 1. The van der Waals surface area contributed by atoms with Crippen LogP contribution in [-0.4, -0.2) is 31.6 Å². The highest BCUT2D eigenvalue weighted by atomic mass is 15.1.